The van der Waals surface area contributed by atoms with Gasteiger partial charge in [0, 0.05) is 25.1 Å². The van der Waals surface area contributed by atoms with Crippen molar-refractivity contribution in [3.63, 3.8) is 0 Å². The Hall–Kier alpha value is -0.160. The maximum Gasteiger partial charge on any atom is 0.0838 e. The van der Waals surface area contributed by atoms with Crippen LogP contribution in [0.2, 0.25) is 0 Å². The van der Waals surface area contributed by atoms with Gasteiger partial charge in [-0.15, -0.1) is 11.3 Å². The summed E-state index contributed by atoms with van der Waals surface area (Å²) in [7, 11) is 0. The standard InChI is InChI=1S/C14H14Br2OS/c1-2-10-4-5-11(18-10)8-14(17)9-3-6-12(15)13(16)7-9/h3-7,14,17H,2,8H2,1H3. The molecule has 0 amide bonds. The van der Waals surface area contributed by atoms with Crippen LogP contribution in [0.4, 0.5) is 0 Å². The smallest absolute Gasteiger partial charge is 0.0838 e. The van der Waals surface area contributed by atoms with Crippen molar-refractivity contribution in [3.05, 3.63) is 54.6 Å². The highest BCUT2D eigenvalue weighted by Crippen LogP contribution is 2.29. The molecule has 0 spiro atoms. The molecule has 18 heavy (non-hydrogen) atoms. The molecule has 1 atom stereocenters. The molecule has 0 saturated carbocycles. The van der Waals surface area contributed by atoms with Crippen LogP contribution in [-0.4, -0.2) is 5.11 Å². The summed E-state index contributed by atoms with van der Waals surface area (Å²) in [6, 6.07) is 10.1. The molecule has 2 aromatic rings. The van der Waals surface area contributed by atoms with Crippen LogP contribution in [0.1, 0.15) is 28.3 Å². The first-order chi connectivity index (χ1) is 8.60. The maximum atomic E-state index is 10.2. The minimum absolute atomic E-state index is 0.447. The SMILES string of the molecule is CCc1ccc(CC(O)c2ccc(Br)c(Br)c2)s1. The summed E-state index contributed by atoms with van der Waals surface area (Å²) in [5.41, 5.74) is 0.941. The number of rotatable bonds is 4. The van der Waals surface area contributed by atoms with E-state index < -0.39 is 6.10 Å². The fourth-order valence-electron chi connectivity index (χ4n) is 1.75. The largest absolute Gasteiger partial charge is 0.388 e. The van der Waals surface area contributed by atoms with Crippen LogP contribution in [0, 0.1) is 0 Å². The van der Waals surface area contributed by atoms with E-state index in [0.29, 0.717) is 6.42 Å². The van der Waals surface area contributed by atoms with Crippen molar-refractivity contribution in [2.45, 2.75) is 25.9 Å². The Morgan fingerprint density at radius 2 is 1.83 bits per heavy atom. The lowest BCUT2D eigenvalue weighted by Gasteiger charge is -2.10. The lowest BCUT2D eigenvalue weighted by atomic mass is 10.1. The fraction of sp³-hybridized carbons (Fsp3) is 0.286. The fourth-order valence-corrected chi connectivity index (χ4v) is 3.39. The molecule has 0 aliphatic carbocycles. The van der Waals surface area contributed by atoms with Gasteiger partial charge in [0.05, 0.1) is 6.10 Å². The Labute approximate surface area is 128 Å². The lowest BCUT2D eigenvalue weighted by molar-refractivity contribution is 0.179. The molecule has 1 aromatic carbocycles. The average Bonchev–Trinajstić information content (AvgIpc) is 2.80. The summed E-state index contributed by atoms with van der Waals surface area (Å²) < 4.78 is 1.97. The van der Waals surface area contributed by atoms with Gasteiger partial charge in [-0.2, -0.15) is 0 Å². The van der Waals surface area contributed by atoms with Gasteiger partial charge in [0.15, 0.2) is 0 Å². The van der Waals surface area contributed by atoms with Gasteiger partial charge in [-0.3, -0.25) is 0 Å². The van der Waals surface area contributed by atoms with Gasteiger partial charge in [0.1, 0.15) is 0 Å². The Bertz CT molecular complexity index is 536. The van der Waals surface area contributed by atoms with Gasteiger partial charge in [-0.05, 0) is 68.1 Å². The molecule has 96 valence electrons. The number of halogens is 2. The number of aliphatic hydroxyl groups excluding tert-OH is 1. The molecule has 0 aliphatic heterocycles. The molecular formula is C14H14Br2OS. The quantitative estimate of drug-likeness (QED) is 0.769. The molecule has 0 aliphatic rings. The predicted molar refractivity (Wildman–Crippen MR) is 84.2 cm³/mol. The molecule has 0 fully saturated rings. The molecule has 4 heteroatoms. The van der Waals surface area contributed by atoms with Crippen molar-refractivity contribution in [3.8, 4) is 0 Å². The van der Waals surface area contributed by atoms with Crippen molar-refractivity contribution in [1.82, 2.24) is 0 Å². The third-order valence-corrected chi connectivity index (χ3v) is 5.92. The predicted octanol–water partition coefficient (Wildman–Crippen LogP) is 5.11. The van der Waals surface area contributed by atoms with E-state index in [9.17, 15) is 5.11 Å². The van der Waals surface area contributed by atoms with Gasteiger partial charge in [-0.25, -0.2) is 0 Å². The highest BCUT2D eigenvalue weighted by atomic mass is 79.9. The zero-order valence-corrected chi connectivity index (χ0v) is 14.0. The van der Waals surface area contributed by atoms with Crippen LogP contribution in [0.5, 0.6) is 0 Å². The topological polar surface area (TPSA) is 20.2 Å². The van der Waals surface area contributed by atoms with Gasteiger partial charge in [-0.1, -0.05) is 13.0 Å². The number of aliphatic hydroxyl groups is 1. The number of benzene rings is 1. The second kappa shape index (κ2) is 6.33. The van der Waals surface area contributed by atoms with Crippen LogP contribution < -0.4 is 0 Å². The Morgan fingerprint density at radius 1 is 1.11 bits per heavy atom. The van der Waals surface area contributed by atoms with Crippen molar-refractivity contribution in [2.24, 2.45) is 0 Å². The summed E-state index contributed by atoms with van der Waals surface area (Å²) in [6.07, 6.45) is 1.29. The van der Waals surface area contributed by atoms with E-state index in [0.717, 1.165) is 20.9 Å². The Balaban J connectivity index is 2.11. The van der Waals surface area contributed by atoms with Gasteiger partial charge >= 0.3 is 0 Å². The van der Waals surface area contributed by atoms with Crippen molar-refractivity contribution in [2.75, 3.05) is 0 Å². The number of hydrogen-bond donors (Lipinski definition) is 1. The van der Waals surface area contributed by atoms with Crippen molar-refractivity contribution < 1.29 is 5.11 Å². The summed E-state index contributed by atoms with van der Waals surface area (Å²) in [5.74, 6) is 0. The summed E-state index contributed by atoms with van der Waals surface area (Å²) in [4.78, 5) is 2.60. The monoisotopic (exact) mass is 388 g/mol. The Morgan fingerprint density at radius 3 is 2.44 bits per heavy atom. The van der Waals surface area contributed by atoms with Crippen LogP contribution >= 0.6 is 43.2 Å². The summed E-state index contributed by atoms with van der Waals surface area (Å²) in [5, 5.41) is 10.2. The molecule has 0 saturated heterocycles. The molecule has 0 radical (unpaired) electrons. The first-order valence-electron chi connectivity index (χ1n) is 5.80. The van der Waals surface area contributed by atoms with E-state index >= 15 is 0 Å². The number of aryl methyl sites for hydroxylation is 1. The van der Waals surface area contributed by atoms with Crippen molar-refractivity contribution in [1.29, 1.82) is 0 Å². The zero-order valence-electron chi connectivity index (χ0n) is 9.99. The third kappa shape index (κ3) is 3.44. The third-order valence-electron chi connectivity index (χ3n) is 2.79. The van der Waals surface area contributed by atoms with Gasteiger partial charge < -0.3 is 5.11 Å². The normalized spacial score (nSPS) is 12.7. The van der Waals surface area contributed by atoms with Crippen LogP contribution in [0.3, 0.4) is 0 Å². The molecule has 1 nitrogen and oxygen atoms in total. The van der Waals surface area contributed by atoms with Crippen LogP contribution in [-0.2, 0) is 12.8 Å². The number of hydrogen-bond acceptors (Lipinski definition) is 2. The number of thiophene rings is 1. The van der Waals surface area contributed by atoms with Crippen molar-refractivity contribution >= 4 is 43.2 Å². The molecule has 2 rings (SSSR count). The summed E-state index contributed by atoms with van der Waals surface area (Å²) in [6.45, 7) is 2.15. The molecule has 0 bridgehead atoms. The molecule has 1 aromatic heterocycles. The first-order valence-corrected chi connectivity index (χ1v) is 8.21. The Kier molecular flexibility index (Phi) is 5.01. The van der Waals surface area contributed by atoms with E-state index in [-0.39, 0.29) is 0 Å². The minimum Gasteiger partial charge on any atom is -0.388 e. The van der Waals surface area contributed by atoms with E-state index in [1.54, 1.807) is 11.3 Å². The molecule has 1 N–H and O–H groups in total. The van der Waals surface area contributed by atoms with Gasteiger partial charge in [0.2, 0.25) is 0 Å². The van der Waals surface area contributed by atoms with E-state index in [1.807, 2.05) is 18.2 Å². The van der Waals surface area contributed by atoms with Gasteiger partial charge in [0.25, 0.3) is 0 Å². The highest BCUT2D eigenvalue weighted by molar-refractivity contribution is 9.13. The zero-order chi connectivity index (χ0) is 13.1. The van der Waals surface area contributed by atoms with E-state index in [2.05, 4.69) is 50.9 Å². The minimum atomic E-state index is -0.447. The van der Waals surface area contributed by atoms with E-state index in [4.69, 9.17) is 0 Å². The highest BCUT2D eigenvalue weighted by Gasteiger charge is 2.11. The maximum absolute atomic E-state index is 10.2. The second-order valence-electron chi connectivity index (χ2n) is 4.12. The first kappa shape index (κ1) is 14.3. The summed E-state index contributed by atoms with van der Waals surface area (Å²) >= 11 is 8.67. The lowest BCUT2D eigenvalue weighted by Crippen LogP contribution is -2.00. The molecule has 1 unspecified atom stereocenters. The molecular weight excluding hydrogens is 376 g/mol. The molecule has 1 heterocycles. The second-order valence-corrected chi connectivity index (χ2v) is 7.08. The van der Waals surface area contributed by atoms with Crippen LogP contribution in [0.15, 0.2) is 39.3 Å². The average molecular weight is 390 g/mol. The van der Waals surface area contributed by atoms with Crippen LogP contribution in [0.25, 0.3) is 0 Å². The van der Waals surface area contributed by atoms with E-state index in [1.165, 1.54) is 9.75 Å².